The van der Waals surface area contributed by atoms with Gasteiger partial charge in [-0.25, -0.2) is 0 Å². The summed E-state index contributed by atoms with van der Waals surface area (Å²) in [6.45, 7) is 7.32. The van der Waals surface area contributed by atoms with Gasteiger partial charge >= 0.3 is 0 Å². The minimum atomic E-state index is -0.655. The minimum Gasteiger partial charge on any atom is -0.360 e. The molecule has 0 radical (unpaired) electrons. The van der Waals surface area contributed by atoms with E-state index in [1.54, 1.807) is 0 Å². The molecule has 6 rings (SSSR count). The van der Waals surface area contributed by atoms with Crippen LogP contribution in [-0.2, 0) is 34.0 Å². The summed E-state index contributed by atoms with van der Waals surface area (Å²) < 4.78 is 8.51. The van der Waals surface area contributed by atoms with Gasteiger partial charge in [-0.05, 0) is 42.7 Å². The molecule has 2 bridgehead atoms. The van der Waals surface area contributed by atoms with Crippen LogP contribution in [0.2, 0.25) is 0 Å². The summed E-state index contributed by atoms with van der Waals surface area (Å²) in [4.78, 5) is 30.9. The molecule has 5 heterocycles. The van der Waals surface area contributed by atoms with Crippen LogP contribution in [0, 0.1) is 25.7 Å². The van der Waals surface area contributed by atoms with Crippen LogP contribution < -0.4 is 0 Å². The van der Waals surface area contributed by atoms with Crippen molar-refractivity contribution in [2.75, 3.05) is 13.1 Å². The number of carbonyl (C=O) groups is 2. The third-order valence-electron chi connectivity index (χ3n) is 7.61. The van der Waals surface area contributed by atoms with E-state index in [0.717, 1.165) is 17.8 Å². The van der Waals surface area contributed by atoms with Gasteiger partial charge in [0.05, 0.1) is 31.0 Å². The zero-order valence-electron chi connectivity index (χ0n) is 18.0. The Balaban J connectivity index is 1.25. The molecule has 0 saturated carbocycles. The van der Waals surface area contributed by atoms with Gasteiger partial charge in [0.25, 0.3) is 0 Å². The third-order valence-corrected chi connectivity index (χ3v) is 7.61. The highest BCUT2D eigenvalue weighted by molar-refractivity contribution is 5.93. The number of ether oxygens (including phenoxy) is 1. The highest BCUT2D eigenvalue weighted by atomic mass is 16.5. The van der Waals surface area contributed by atoms with E-state index >= 15 is 0 Å². The lowest BCUT2D eigenvalue weighted by atomic mass is 9.76. The molecule has 2 amide bonds. The molecule has 1 aromatic heterocycles. The number of aromatic nitrogens is 1. The summed E-state index contributed by atoms with van der Waals surface area (Å²) >= 11 is 0. The Hall–Kier alpha value is -2.86. The number of amides is 2. The van der Waals surface area contributed by atoms with Crippen LogP contribution in [-0.4, -0.2) is 51.0 Å². The molecule has 6 heteroatoms. The lowest BCUT2D eigenvalue weighted by Gasteiger charge is -2.33. The van der Waals surface area contributed by atoms with E-state index in [4.69, 9.17) is 4.74 Å². The topological polar surface area (TPSA) is 54.8 Å². The average Bonchev–Trinajstić information content (AvgIpc) is 3.51. The Morgan fingerprint density at radius 3 is 2.90 bits per heavy atom. The van der Waals surface area contributed by atoms with Crippen LogP contribution in [0.1, 0.15) is 22.4 Å². The standard InChI is InChI=1S/C25H27N3O3/c1-16-5-6-18(12-17(16)2)13-28-15-25-8-7-20(31-25)21(22(25)24(28)30)23(29)27-11-10-26-9-3-4-19(26)14-27/h3-9,12,20-22H,10-11,13-15H2,1-2H3/t20-,21-,22+,25-/m0/s1. The molecule has 2 fully saturated rings. The van der Waals surface area contributed by atoms with Gasteiger partial charge in [0, 0.05) is 31.5 Å². The summed E-state index contributed by atoms with van der Waals surface area (Å²) in [5, 5.41) is 0. The fourth-order valence-corrected chi connectivity index (χ4v) is 5.83. The van der Waals surface area contributed by atoms with Crippen molar-refractivity contribution < 1.29 is 14.3 Å². The van der Waals surface area contributed by atoms with E-state index in [1.165, 1.54) is 11.1 Å². The Kier molecular flexibility index (Phi) is 4.00. The summed E-state index contributed by atoms with van der Waals surface area (Å²) in [5.41, 5.74) is 4.07. The lowest BCUT2D eigenvalue weighted by Crippen LogP contribution is -2.48. The normalized spacial score (nSPS) is 30.8. The molecular weight excluding hydrogens is 390 g/mol. The lowest BCUT2D eigenvalue weighted by molar-refractivity contribution is -0.144. The molecule has 1 spiro atoms. The first-order valence-electron chi connectivity index (χ1n) is 11.1. The number of carbonyl (C=O) groups excluding carboxylic acids is 2. The van der Waals surface area contributed by atoms with Crippen LogP contribution >= 0.6 is 0 Å². The van der Waals surface area contributed by atoms with Crippen molar-refractivity contribution in [3.05, 3.63) is 71.1 Å². The fourth-order valence-electron chi connectivity index (χ4n) is 5.83. The Morgan fingerprint density at radius 2 is 2.06 bits per heavy atom. The summed E-state index contributed by atoms with van der Waals surface area (Å²) in [6, 6.07) is 10.4. The fraction of sp³-hybridized carbons (Fsp3) is 0.440. The molecule has 4 aliphatic heterocycles. The SMILES string of the molecule is Cc1ccc(CN2C[C@]34C=C[C@H](O3)[C@H](C(=O)N3CCn5cccc5C3)[C@@H]4C2=O)cc1C. The summed E-state index contributed by atoms with van der Waals surface area (Å²) in [6.07, 6.45) is 5.80. The molecule has 4 aliphatic rings. The number of rotatable bonds is 3. The molecule has 31 heavy (non-hydrogen) atoms. The second-order valence-corrected chi connectivity index (χ2v) is 9.47. The van der Waals surface area contributed by atoms with Crippen molar-refractivity contribution in [3.8, 4) is 0 Å². The molecule has 2 aromatic rings. The van der Waals surface area contributed by atoms with Crippen LogP contribution in [0.4, 0.5) is 0 Å². The first-order chi connectivity index (χ1) is 14.9. The van der Waals surface area contributed by atoms with E-state index in [0.29, 0.717) is 26.2 Å². The molecule has 4 atom stereocenters. The smallest absolute Gasteiger partial charge is 0.230 e. The van der Waals surface area contributed by atoms with Crippen molar-refractivity contribution in [1.82, 2.24) is 14.4 Å². The number of hydrogen-bond donors (Lipinski definition) is 0. The Morgan fingerprint density at radius 1 is 1.19 bits per heavy atom. The predicted molar refractivity (Wildman–Crippen MR) is 115 cm³/mol. The molecule has 160 valence electrons. The van der Waals surface area contributed by atoms with E-state index in [2.05, 4.69) is 48.9 Å². The summed E-state index contributed by atoms with van der Waals surface area (Å²) in [7, 11) is 0. The van der Waals surface area contributed by atoms with Gasteiger partial charge in [0.2, 0.25) is 11.8 Å². The molecule has 0 unspecified atom stereocenters. The molecule has 0 aliphatic carbocycles. The van der Waals surface area contributed by atoms with Gasteiger partial charge in [0.1, 0.15) is 5.60 Å². The van der Waals surface area contributed by atoms with E-state index in [9.17, 15) is 9.59 Å². The maximum atomic E-state index is 13.6. The van der Waals surface area contributed by atoms with Gasteiger partial charge in [-0.1, -0.05) is 30.4 Å². The minimum absolute atomic E-state index is 0.0452. The average molecular weight is 418 g/mol. The number of aryl methyl sites for hydroxylation is 2. The van der Waals surface area contributed by atoms with Crippen molar-refractivity contribution in [1.29, 1.82) is 0 Å². The van der Waals surface area contributed by atoms with Gasteiger partial charge in [0.15, 0.2) is 0 Å². The quantitative estimate of drug-likeness (QED) is 0.721. The van der Waals surface area contributed by atoms with E-state index in [1.807, 2.05) is 28.0 Å². The maximum absolute atomic E-state index is 13.6. The Labute approximate surface area is 182 Å². The first kappa shape index (κ1) is 18.9. The number of nitrogens with zero attached hydrogens (tertiary/aromatic N) is 3. The molecule has 0 N–H and O–H groups in total. The second kappa shape index (κ2) is 6.57. The van der Waals surface area contributed by atoms with E-state index in [-0.39, 0.29) is 17.9 Å². The van der Waals surface area contributed by atoms with Crippen LogP contribution in [0.15, 0.2) is 48.7 Å². The highest BCUT2D eigenvalue weighted by Gasteiger charge is 2.67. The molecular formula is C25H27N3O3. The van der Waals surface area contributed by atoms with Gasteiger partial charge in [-0.3, -0.25) is 9.59 Å². The molecule has 2 saturated heterocycles. The van der Waals surface area contributed by atoms with Crippen molar-refractivity contribution in [2.45, 2.75) is 45.2 Å². The Bertz CT molecular complexity index is 1120. The zero-order valence-corrected chi connectivity index (χ0v) is 18.0. The van der Waals surface area contributed by atoms with Crippen LogP contribution in [0.25, 0.3) is 0 Å². The number of likely N-dealkylation sites (tertiary alicyclic amines) is 1. The van der Waals surface area contributed by atoms with E-state index < -0.39 is 17.4 Å². The monoisotopic (exact) mass is 417 g/mol. The van der Waals surface area contributed by atoms with Crippen molar-refractivity contribution in [2.24, 2.45) is 11.8 Å². The van der Waals surface area contributed by atoms with Crippen molar-refractivity contribution >= 4 is 11.8 Å². The number of fused-ring (bicyclic) bond motifs is 2. The van der Waals surface area contributed by atoms with Crippen molar-refractivity contribution in [3.63, 3.8) is 0 Å². The summed E-state index contributed by atoms with van der Waals surface area (Å²) in [5.74, 6) is -0.752. The molecule has 1 aromatic carbocycles. The largest absolute Gasteiger partial charge is 0.360 e. The van der Waals surface area contributed by atoms with Crippen LogP contribution in [0.5, 0.6) is 0 Å². The predicted octanol–water partition coefficient (Wildman–Crippen LogP) is 2.43. The zero-order chi connectivity index (χ0) is 21.3. The van der Waals surface area contributed by atoms with Crippen LogP contribution in [0.3, 0.4) is 0 Å². The number of hydrogen-bond acceptors (Lipinski definition) is 3. The molecule has 6 nitrogen and oxygen atoms in total. The highest BCUT2D eigenvalue weighted by Crippen LogP contribution is 2.52. The first-order valence-corrected chi connectivity index (χ1v) is 11.1. The van der Waals surface area contributed by atoms with Gasteiger partial charge < -0.3 is 19.1 Å². The second-order valence-electron chi connectivity index (χ2n) is 9.47. The van der Waals surface area contributed by atoms with Gasteiger partial charge in [-0.15, -0.1) is 0 Å². The maximum Gasteiger partial charge on any atom is 0.230 e. The van der Waals surface area contributed by atoms with Gasteiger partial charge in [-0.2, -0.15) is 0 Å². The third kappa shape index (κ3) is 2.74. The number of benzene rings is 1.